The van der Waals surface area contributed by atoms with Crippen molar-refractivity contribution in [3.05, 3.63) is 0 Å². The standard InChI is InChI=1S/C9H16N2O2S/c1-8-6-11(3-4-13-8)9(12)7-14-5-2-10/h2,8,10H,3-7H2,1H3/t8-/m1/s1. The van der Waals surface area contributed by atoms with Crippen LogP contribution in [-0.4, -0.2) is 54.3 Å². The minimum Gasteiger partial charge on any atom is -0.375 e. The van der Waals surface area contributed by atoms with Gasteiger partial charge < -0.3 is 15.0 Å². The van der Waals surface area contributed by atoms with E-state index in [0.29, 0.717) is 31.2 Å². The summed E-state index contributed by atoms with van der Waals surface area (Å²) in [6.07, 6.45) is 1.47. The van der Waals surface area contributed by atoms with Crippen LogP contribution in [0.3, 0.4) is 0 Å². The fraction of sp³-hybridized carbons (Fsp3) is 0.778. The van der Waals surface area contributed by atoms with Crippen molar-refractivity contribution in [3.63, 3.8) is 0 Å². The Kier molecular flexibility index (Phi) is 4.97. The number of morpholine rings is 1. The number of amides is 1. The first-order valence-electron chi connectivity index (χ1n) is 4.70. The number of hydrogen-bond donors (Lipinski definition) is 1. The number of carbonyl (C=O) groups excluding carboxylic acids is 1. The molecule has 5 heteroatoms. The van der Waals surface area contributed by atoms with Gasteiger partial charge in [0.25, 0.3) is 0 Å². The molecule has 0 saturated carbocycles. The molecule has 0 aromatic carbocycles. The first kappa shape index (κ1) is 11.5. The Morgan fingerprint density at radius 1 is 1.79 bits per heavy atom. The maximum Gasteiger partial charge on any atom is 0.232 e. The van der Waals surface area contributed by atoms with Crippen molar-refractivity contribution in [1.82, 2.24) is 4.90 Å². The van der Waals surface area contributed by atoms with E-state index < -0.39 is 0 Å². The molecule has 0 radical (unpaired) electrons. The Balaban J connectivity index is 2.25. The van der Waals surface area contributed by atoms with Gasteiger partial charge in [-0.1, -0.05) is 0 Å². The van der Waals surface area contributed by atoms with E-state index in [4.69, 9.17) is 10.1 Å². The highest BCUT2D eigenvalue weighted by Gasteiger charge is 2.20. The number of hydrogen-bond acceptors (Lipinski definition) is 4. The molecule has 1 N–H and O–H groups in total. The summed E-state index contributed by atoms with van der Waals surface area (Å²) in [7, 11) is 0. The van der Waals surface area contributed by atoms with Gasteiger partial charge in [-0.25, -0.2) is 0 Å². The number of carbonyl (C=O) groups is 1. The molecule has 0 aromatic heterocycles. The maximum atomic E-state index is 11.6. The highest BCUT2D eigenvalue weighted by Crippen LogP contribution is 2.07. The van der Waals surface area contributed by atoms with E-state index in [-0.39, 0.29) is 12.0 Å². The third-order valence-electron chi connectivity index (χ3n) is 2.02. The lowest BCUT2D eigenvalue weighted by atomic mass is 10.3. The van der Waals surface area contributed by atoms with Crippen LogP contribution < -0.4 is 0 Å². The number of nitrogens with zero attached hydrogens (tertiary/aromatic N) is 1. The molecule has 1 atom stereocenters. The molecule has 0 spiro atoms. The maximum absolute atomic E-state index is 11.6. The van der Waals surface area contributed by atoms with E-state index in [1.807, 2.05) is 11.8 Å². The summed E-state index contributed by atoms with van der Waals surface area (Å²) in [5.41, 5.74) is 0. The first-order valence-corrected chi connectivity index (χ1v) is 5.85. The predicted molar refractivity (Wildman–Crippen MR) is 58.1 cm³/mol. The van der Waals surface area contributed by atoms with Crippen LogP contribution in [0.1, 0.15) is 6.92 Å². The van der Waals surface area contributed by atoms with E-state index in [1.165, 1.54) is 18.0 Å². The zero-order valence-corrected chi connectivity index (χ0v) is 9.18. The van der Waals surface area contributed by atoms with Crippen molar-refractivity contribution in [1.29, 1.82) is 5.41 Å². The summed E-state index contributed by atoms with van der Waals surface area (Å²) < 4.78 is 5.35. The molecule has 0 aromatic rings. The molecular formula is C9H16N2O2S. The zero-order valence-electron chi connectivity index (χ0n) is 8.36. The van der Waals surface area contributed by atoms with Gasteiger partial charge >= 0.3 is 0 Å². The Morgan fingerprint density at radius 3 is 3.21 bits per heavy atom. The fourth-order valence-corrected chi connectivity index (χ4v) is 1.93. The fourth-order valence-electron chi connectivity index (χ4n) is 1.34. The molecule has 1 saturated heterocycles. The van der Waals surface area contributed by atoms with Crippen molar-refractivity contribution in [2.45, 2.75) is 13.0 Å². The van der Waals surface area contributed by atoms with Gasteiger partial charge in [0.1, 0.15) is 0 Å². The van der Waals surface area contributed by atoms with Crippen LogP contribution in [0.15, 0.2) is 0 Å². The molecule has 0 aliphatic carbocycles. The minimum absolute atomic E-state index is 0.153. The molecule has 4 nitrogen and oxygen atoms in total. The molecule has 1 fully saturated rings. The van der Waals surface area contributed by atoms with Gasteiger partial charge in [-0.3, -0.25) is 4.79 Å². The van der Waals surface area contributed by atoms with Gasteiger partial charge in [0.15, 0.2) is 0 Å². The van der Waals surface area contributed by atoms with E-state index >= 15 is 0 Å². The topological polar surface area (TPSA) is 53.4 Å². The summed E-state index contributed by atoms with van der Waals surface area (Å²) in [6, 6.07) is 0. The third-order valence-corrected chi connectivity index (χ3v) is 2.87. The molecule has 1 aliphatic heterocycles. The number of nitrogens with one attached hydrogen (secondary N) is 1. The highest BCUT2D eigenvalue weighted by atomic mass is 32.2. The van der Waals surface area contributed by atoms with Gasteiger partial charge in [-0.2, -0.15) is 0 Å². The lowest BCUT2D eigenvalue weighted by molar-refractivity contribution is -0.135. The minimum atomic E-state index is 0.153. The monoisotopic (exact) mass is 216 g/mol. The number of rotatable bonds is 4. The van der Waals surface area contributed by atoms with E-state index in [1.54, 1.807) is 0 Å². The molecule has 1 amide bonds. The molecule has 1 aliphatic rings. The Morgan fingerprint density at radius 2 is 2.57 bits per heavy atom. The van der Waals surface area contributed by atoms with Crippen LogP contribution in [0.5, 0.6) is 0 Å². The van der Waals surface area contributed by atoms with E-state index in [0.717, 1.165) is 0 Å². The second-order valence-electron chi connectivity index (χ2n) is 3.24. The molecule has 14 heavy (non-hydrogen) atoms. The van der Waals surface area contributed by atoms with Crippen LogP contribution in [0.2, 0.25) is 0 Å². The first-order chi connectivity index (χ1) is 6.74. The Labute approximate surface area is 88.5 Å². The molecule has 1 heterocycles. The van der Waals surface area contributed by atoms with Crippen LogP contribution in [0.4, 0.5) is 0 Å². The highest BCUT2D eigenvalue weighted by molar-refractivity contribution is 8.00. The average Bonchev–Trinajstić information content (AvgIpc) is 2.18. The van der Waals surface area contributed by atoms with Crippen molar-refractivity contribution < 1.29 is 9.53 Å². The van der Waals surface area contributed by atoms with Crippen molar-refractivity contribution in [3.8, 4) is 0 Å². The molecule has 80 valence electrons. The molecule has 0 unspecified atom stereocenters. The van der Waals surface area contributed by atoms with Gasteiger partial charge in [0.05, 0.1) is 18.5 Å². The SMILES string of the molecule is C[C@@H]1CN(C(=O)CSCC=N)CCO1. The zero-order chi connectivity index (χ0) is 10.4. The van der Waals surface area contributed by atoms with Crippen molar-refractivity contribution >= 4 is 23.9 Å². The Hall–Kier alpha value is -0.550. The molecule has 0 bridgehead atoms. The smallest absolute Gasteiger partial charge is 0.232 e. The van der Waals surface area contributed by atoms with Gasteiger partial charge in [0, 0.05) is 25.1 Å². The molecular weight excluding hydrogens is 200 g/mol. The lowest BCUT2D eigenvalue weighted by Crippen LogP contribution is -2.45. The molecule has 1 rings (SSSR count). The van der Waals surface area contributed by atoms with Gasteiger partial charge in [0.2, 0.25) is 5.91 Å². The second kappa shape index (κ2) is 6.03. The average molecular weight is 216 g/mol. The largest absolute Gasteiger partial charge is 0.375 e. The third kappa shape index (κ3) is 3.67. The number of ether oxygens (including phenoxy) is 1. The summed E-state index contributed by atoms with van der Waals surface area (Å²) in [4.78, 5) is 13.4. The predicted octanol–water partition coefficient (Wildman–Crippen LogP) is 0.616. The summed E-state index contributed by atoms with van der Waals surface area (Å²) in [5, 5.41) is 6.83. The normalized spacial score (nSPS) is 22.1. The van der Waals surface area contributed by atoms with Crippen LogP contribution >= 0.6 is 11.8 Å². The van der Waals surface area contributed by atoms with Crippen LogP contribution in [0, 0.1) is 5.41 Å². The van der Waals surface area contributed by atoms with E-state index in [9.17, 15) is 4.79 Å². The summed E-state index contributed by atoms with van der Waals surface area (Å²) in [5.74, 6) is 1.25. The van der Waals surface area contributed by atoms with Crippen LogP contribution in [-0.2, 0) is 9.53 Å². The quantitative estimate of drug-likeness (QED) is 0.553. The second-order valence-corrected chi connectivity index (χ2v) is 4.27. The summed E-state index contributed by atoms with van der Waals surface area (Å²) in [6.45, 7) is 4.02. The van der Waals surface area contributed by atoms with Crippen molar-refractivity contribution in [2.24, 2.45) is 0 Å². The number of thioether (sulfide) groups is 1. The van der Waals surface area contributed by atoms with Crippen LogP contribution in [0.25, 0.3) is 0 Å². The van der Waals surface area contributed by atoms with Gasteiger partial charge in [-0.05, 0) is 6.92 Å². The van der Waals surface area contributed by atoms with E-state index in [2.05, 4.69) is 0 Å². The van der Waals surface area contributed by atoms with Gasteiger partial charge in [-0.15, -0.1) is 11.8 Å². The van der Waals surface area contributed by atoms with Crippen molar-refractivity contribution in [2.75, 3.05) is 31.2 Å². The Bertz CT molecular complexity index is 211. The lowest BCUT2D eigenvalue weighted by Gasteiger charge is -2.31. The summed E-state index contributed by atoms with van der Waals surface area (Å²) >= 11 is 1.48.